The van der Waals surface area contributed by atoms with E-state index < -0.39 is 5.82 Å². The quantitative estimate of drug-likeness (QED) is 0.565. The Hall–Kier alpha value is -3.38. The van der Waals surface area contributed by atoms with E-state index in [0.29, 0.717) is 12.4 Å². The maximum absolute atomic E-state index is 15.0. The van der Waals surface area contributed by atoms with Crippen molar-refractivity contribution in [2.75, 3.05) is 6.54 Å². The molecule has 4 aromatic rings. The molecular formula is C24H22FN3O2. The topological polar surface area (TPSA) is 48.2 Å². The highest BCUT2D eigenvalue weighted by Crippen LogP contribution is 2.31. The number of hydrogen-bond acceptors (Lipinski definition) is 3. The number of benzene rings is 2. The zero-order chi connectivity index (χ0) is 20.7. The molecule has 2 aromatic carbocycles. The number of nitrogens with one attached hydrogen (secondary N) is 1. The Morgan fingerprint density at radius 2 is 1.97 bits per heavy atom. The summed E-state index contributed by atoms with van der Waals surface area (Å²) < 4.78 is 24.2. The van der Waals surface area contributed by atoms with Crippen LogP contribution < -0.4 is 15.6 Å². The summed E-state index contributed by atoms with van der Waals surface area (Å²) in [4.78, 5) is 12.7. The molecule has 0 aliphatic carbocycles. The molecule has 0 unspecified atom stereocenters. The monoisotopic (exact) mass is 403 g/mol. The number of pyridine rings is 1. The number of fused-ring (bicyclic) bond motifs is 3. The molecule has 1 aliphatic rings. The second-order valence-electron chi connectivity index (χ2n) is 7.58. The largest absolute Gasteiger partial charge is 0.489 e. The van der Waals surface area contributed by atoms with E-state index in [1.165, 1.54) is 21.9 Å². The Kier molecular flexibility index (Phi) is 4.64. The molecule has 3 heterocycles. The van der Waals surface area contributed by atoms with Gasteiger partial charge in [0.25, 0.3) is 5.56 Å². The van der Waals surface area contributed by atoms with Crippen LogP contribution in [0.5, 0.6) is 5.75 Å². The second-order valence-corrected chi connectivity index (χ2v) is 7.58. The van der Waals surface area contributed by atoms with Crippen LogP contribution in [0.1, 0.15) is 16.8 Å². The molecule has 0 spiro atoms. The number of rotatable bonds is 4. The van der Waals surface area contributed by atoms with Crippen molar-refractivity contribution in [1.29, 1.82) is 0 Å². The Bertz CT molecular complexity index is 1290. The molecule has 0 fully saturated rings. The van der Waals surface area contributed by atoms with Gasteiger partial charge in [0.05, 0.1) is 11.2 Å². The fourth-order valence-electron chi connectivity index (χ4n) is 4.17. The van der Waals surface area contributed by atoms with Crippen molar-refractivity contribution < 1.29 is 9.13 Å². The third kappa shape index (κ3) is 3.19. The highest BCUT2D eigenvalue weighted by molar-refractivity contribution is 5.87. The molecule has 1 N–H and O–H groups in total. The van der Waals surface area contributed by atoms with Gasteiger partial charge < -0.3 is 14.6 Å². The van der Waals surface area contributed by atoms with Crippen LogP contribution in [-0.4, -0.2) is 15.7 Å². The minimum Gasteiger partial charge on any atom is -0.489 e. The number of aromatic nitrogens is 2. The molecule has 0 saturated heterocycles. The molecule has 0 radical (unpaired) electrons. The van der Waals surface area contributed by atoms with E-state index in [1.54, 1.807) is 24.4 Å². The van der Waals surface area contributed by atoms with Gasteiger partial charge in [-0.2, -0.15) is 0 Å². The standard InChI is InChI=1S/C24H22FN3O2/c1-27-21-13-22(20(25)12-19(21)18-7-9-26-14-23(18)27)28-10-8-17(11-24(28)29)30-15-16-5-3-2-4-6-16/h2-6,8,10-13,26H,7,9,14-15H2,1H3. The first-order chi connectivity index (χ1) is 14.6. The molecule has 5 nitrogen and oxygen atoms in total. The van der Waals surface area contributed by atoms with Crippen LogP contribution in [0, 0.1) is 5.82 Å². The minimum atomic E-state index is -0.408. The average molecular weight is 403 g/mol. The summed E-state index contributed by atoms with van der Waals surface area (Å²) >= 11 is 0. The van der Waals surface area contributed by atoms with Gasteiger partial charge in [-0.1, -0.05) is 30.3 Å². The highest BCUT2D eigenvalue weighted by atomic mass is 19.1. The molecule has 0 saturated carbocycles. The zero-order valence-electron chi connectivity index (χ0n) is 16.7. The van der Waals surface area contributed by atoms with Gasteiger partial charge in [-0.05, 0) is 42.3 Å². The van der Waals surface area contributed by atoms with E-state index in [4.69, 9.17) is 4.74 Å². The number of aryl methyl sites for hydroxylation is 1. The van der Waals surface area contributed by atoms with Crippen molar-refractivity contribution >= 4 is 10.9 Å². The van der Waals surface area contributed by atoms with Gasteiger partial charge >= 0.3 is 0 Å². The van der Waals surface area contributed by atoms with E-state index in [1.807, 2.05) is 37.4 Å². The SMILES string of the molecule is Cn1c2c(c3cc(F)c(-n4ccc(OCc5ccccc5)cc4=O)cc31)CCNC2. The summed E-state index contributed by atoms with van der Waals surface area (Å²) in [5.41, 5.74) is 4.21. The van der Waals surface area contributed by atoms with Gasteiger partial charge in [0, 0.05) is 36.9 Å². The van der Waals surface area contributed by atoms with Crippen molar-refractivity contribution in [3.63, 3.8) is 0 Å². The Labute approximate surface area is 173 Å². The van der Waals surface area contributed by atoms with Gasteiger partial charge in [-0.15, -0.1) is 0 Å². The van der Waals surface area contributed by atoms with Crippen LogP contribution >= 0.6 is 0 Å². The third-order valence-corrected chi connectivity index (χ3v) is 5.75. The van der Waals surface area contributed by atoms with Gasteiger partial charge in [0.1, 0.15) is 18.2 Å². The van der Waals surface area contributed by atoms with Crippen molar-refractivity contribution in [1.82, 2.24) is 14.5 Å². The highest BCUT2D eigenvalue weighted by Gasteiger charge is 2.20. The average Bonchev–Trinajstić information content (AvgIpc) is 3.04. The van der Waals surface area contributed by atoms with Crippen LogP contribution in [0.3, 0.4) is 0 Å². The maximum atomic E-state index is 15.0. The maximum Gasteiger partial charge on any atom is 0.258 e. The van der Waals surface area contributed by atoms with Crippen LogP contribution in [0.25, 0.3) is 16.6 Å². The summed E-state index contributed by atoms with van der Waals surface area (Å²) in [7, 11) is 1.99. The lowest BCUT2D eigenvalue weighted by molar-refractivity contribution is 0.305. The number of nitrogens with zero attached hydrogens (tertiary/aromatic N) is 2. The summed E-state index contributed by atoms with van der Waals surface area (Å²) in [6, 6.07) is 16.1. The van der Waals surface area contributed by atoms with Gasteiger partial charge in [-0.3, -0.25) is 9.36 Å². The van der Waals surface area contributed by atoms with Crippen molar-refractivity contribution in [3.8, 4) is 11.4 Å². The van der Waals surface area contributed by atoms with Gasteiger partial charge in [0.2, 0.25) is 0 Å². The van der Waals surface area contributed by atoms with E-state index in [-0.39, 0.29) is 11.2 Å². The fraction of sp³-hybridized carbons (Fsp3) is 0.208. The van der Waals surface area contributed by atoms with E-state index >= 15 is 4.39 Å². The minimum absolute atomic E-state index is 0.244. The first-order valence-electron chi connectivity index (χ1n) is 10.0. The summed E-state index contributed by atoms with van der Waals surface area (Å²) in [6.07, 6.45) is 2.44. The van der Waals surface area contributed by atoms with Crippen molar-refractivity contribution in [3.05, 3.63) is 93.8 Å². The normalized spacial score (nSPS) is 13.4. The Balaban J connectivity index is 1.50. The Morgan fingerprint density at radius 1 is 1.13 bits per heavy atom. The van der Waals surface area contributed by atoms with E-state index in [9.17, 15) is 4.79 Å². The van der Waals surface area contributed by atoms with Crippen molar-refractivity contribution in [2.45, 2.75) is 19.6 Å². The van der Waals surface area contributed by atoms with Crippen molar-refractivity contribution in [2.24, 2.45) is 7.05 Å². The smallest absolute Gasteiger partial charge is 0.258 e. The van der Waals surface area contributed by atoms with Crippen LogP contribution in [0.4, 0.5) is 4.39 Å². The molecule has 0 amide bonds. The lowest BCUT2D eigenvalue weighted by atomic mass is 10.0. The van der Waals surface area contributed by atoms with E-state index in [0.717, 1.165) is 36.0 Å². The van der Waals surface area contributed by atoms with Crippen LogP contribution in [0.15, 0.2) is 65.6 Å². The molecule has 6 heteroatoms. The molecule has 0 bridgehead atoms. The molecular weight excluding hydrogens is 381 g/mol. The number of hydrogen-bond donors (Lipinski definition) is 1. The lowest BCUT2D eigenvalue weighted by Gasteiger charge is -2.14. The molecule has 0 atom stereocenters. The molecule has 30 heavy (non-hydrogen) atoms. The molecule has 5 rings (SSSR count). The molecule has 1 aliphatic heterocycles. The lowest BCUT2D eigenvalue weighted by Crippen LogP contribution is -2.24. The number of halogens is 1. The van der Waals surface area contributed by atoms with Crippen LogP contribution in [0.2, 0.25) is 0 Å². The fourth-order valence-corrected chi connectivity index (χ4v) is 4.17. The predicted octanol–water partition coefficient (Wildman–Crippen LogP) is 3.69. The predicted molar refractivity (Wildman–Crippen MR) is 115 cm³/mol. The van der Waals surface area contributed by atoms with Crippen LogP contribution in [-0.2, 0) is 26.6 Å². The van der Waals surface area contributed by atoms with Gasteiger partial charge in [0.15, 0.2) is 0 Å². The summed E-state index contributed by atoms with van der Waals surface area (Å²) in [6.45, 7) is 2.03. The second kappa shape index (κ2) is 7.46. The molecule has 2 aromatic heterocycles. The first-order valence-corrected chi connectivity index (χ1v) is 10.0. The summed E-state index contributed by atoms with van der Waals surface area (Å²) in [5.74, 6) is 0.0523. The van der Waals surface area contributed by atoms with E-state index in [2.05, 4.69) is 9.88 Å². The summed E-state index contributed by atoms with van der Waals surface area (Å²) in [5, 5.41) is 4.28. The zero-order valence-corrected chi connectivity index (χ0v) is 16.7. The van der Waals surface area contributed by atoms with Gasteiger partial charge in [-0.25, -0.2) is 4.39 Å². The third-order valence-electron chi connectivity index (χ3n) is 5.75. The molecule has 152 valence electrons. The Morgan fingerprint density at radius 3 is 2.77 bits per heavy atom. The first kappa shape index (κ1) is 18.6. The number of ether oxygens (including phenoxy) is 1.